The van der Waals surface area contributed by atoms with E-state index < -0.39 is 23.8 Å². The van der Waals surface area contributed by atoms with E-state index in [1.807, 2.05) is 32.0 Å². The molecule has 182 valence electrons. The summed E-state index contributed by atoms with van der Waals surface area (Å²) in [6, 6.07) is 17.9. The van der Waals surface area contributed by atoms with Crippen LogP contribution in [0.2, 0.25) is 0 Å². The molecule has 0 spiro atoms. The van der Waals surface area contributed by atoms with Crippen LogP contribution in [0.4, 0.5) is 10.5 Å². The predicted octanol–water partition coefficient (Wildman–Crippen LogP) is 4.34. The van der Waals surface area contributed by atoms with Gasteiger partial charge in [-0.05, 0) is 66.9 Å². The normalized spacial score (nSPS) is 14.6. The molecule has 36 heavy (non-hydrogen) atoms. The summed E-state index contributed by atoms with van der Waals surface area (Å²) in [5, 5.41) is 2.19. The standard InChI is InChI=1S/C28H24N2O6/c1-17-8-9-19(14-18(17)2)16-36-24-7-5-4-6-21(24)15-23-25(31)29-28(34)30(26(23)32)22-12-10-20(11-13-22)27(33)35-3/h4-15H,16H2,1-3H3,(H,29,31,34)/b23-15+. The minimum absolute atomic E-state index is 0.197. The van der Waals surface area contributed by atoms with Crippen LogP contribution in [0.3, 0.4) is 0 Å². The van der Waals surface area contributed by atoms with Crippen molar-refractivity contribution in [3.05, 3.63) is 100 Å². The molecule has 1 aliphatic heterocycles. The van der Waals surface area contributed by atoms with Gasteiger partial charge >= 0.3 is 12.0 Å². The molecule has 0 aromatic heterocycles. The van der Waals surface area contributed by atoms with Gasteiger partial charge in [0, 0.05) is 5.56 Å². The van der Waals surface area contributed by atoms with E-state index in [4.69, 9.17) is 4.74 Å². The van der Waals surface area contributed by atoms with Crippen molar-refractivity contribution in [2.24, 2.45) is 0 Å². The molecule has 0 saturated carbocycles. The van der Waals surface area contributed by atoms with Crippen LogP contribution in [0.15, 0.2) is 72.3 Å². The number of ether oxygens (including phenoxy) is 2. The van der Waals surface area contributed by atoms with Crippen molar-refractivity contribution in [3.63, 3.8) is 0 Å². The van der Waals surface area contributed by atoms with Gasteiger partial charge in [-0.25, -0.2) is 14.5 Å². The van der Waals surface area contributed by atoms with Gasteiger partial charge in [0.1, 0.15) is 17.9 Å². The van der Waals surface area contributed by atoms with Gasteiger partial charge in [-0.2, -0.15) is 0 Å². The van der Waals surface area contributed by atoms with Gasteiger partial charge < -0.3 is 9.47 Å². The lowest BCUT2D eigenvalue weighted by Gasteiger charge is -2.26. The van der Waals surface area contributed by atoms with Gasteiger partial charge in [-0.1, -0.05) is 36.4 Å². The fourth-order valence-corrected chi connectivity index (χ4v) is 3.70. The number of barbiturate groups is 1. The summed E-state index contributed by atoms with van der Waals surface area (Å²) in [5.41, 5.74) is 4.06. The number of nitrogens with zero attached hydrogens (tertiary/aromatic N) is 1. The van der Waals surface area contributed by atoms with E-state index in [0.29, 0.717) is 17.9 Å². The molecule has 0 aliphatic carbocycles. The number of carbonyl (C=O) groups is 4. The average molecular weight is 485 g/mol. The summed E-state index contributed by atoms with van der Waals surface area (Å²) in [6.07, 6.45) is 1.40. The Morgan fingerprint density at radius 3 is 2.36 bits per heavy atom. The van der Waals surface area contributed by atoms with Crippen molar-refractivity contribution in [1.82, 2.24) is 5.32 Å². The fraction of sp³-hybridized carbons (Fsp3) is 0.143. The predicted molar refractivity (Wildman–Crippen MR) is 133 cm³/mol. The van der Waals surface area contributed by atoms with Crippen molar-refractivity contribution in [2.75, 3.05) is 12.0 Å². The van der Waals surface area contributed by atoms with Crippen LogP contribution in [0.1, 0.15) is 32.6 Å². The smallest absolute Gasteiger partial charge is 0.337 e. The van der Waals surface area contributed by atoms with Crippen LogP contribution in [0.5, 0.6) is 5.75 Å². The molecule has 8 heteroatoms. The number of benzene rings is 3. The van der Waals surface area contributed by atoms with E-state index in [0.717, 1.165) is 16.0 Å². The molecular formula is C28H24N2O6. The highest BCUT2D eigenvalue weighted by Gasteiger charge is 2.37. The maximum Gasteiger partial charge on any atom is 0.337 e. The Labute approximate surface area is 208 Å². The molecule has 1 saturated heterocycles. The number of nitrogens with one attached hydrogen (secondary N) is 1. The molecule has 0 unspecified atom stereocenters. The SMILES string of the molecule is COC(=O)c1ccc(N2C(=O)NC(=O)/C(=C\c3ccccc3OCc3ccc(C)c(C)c3)C2=O)cc1. The van der Waals surface area contributed by atoms with Crippen LogP contribution in [-0.4, -0.2) is 30.9 Å². The summed E-state index contributed by atoms with van der Waals surface area (Å²) < 4.78 is 10.7. The van der Waals surface area contributed by atoms with E-state index in [1.165, 1.54) is 43.0 Å². The first-order valence-electron chi connectivity index (χ1n) is 11.2. The topological polar surface area (TPSA) is 102 Å². The highest BCUT2D eigenvalue weighted by atomic mass is 16.5. The Bertz CT molecular complexity index is 1390. The average Bonchev–Trinajstić information content (AvgIpc) is 2.87. The Kier molecular flexibility index (Phi) is 6.96. The van der Waals surface area contributed by atoms with Crippen LogP contribution in [0.25, 0.3) is 6.08 Å². The second-order valence-corrected chi connectivity index (χ2v) is 8.24. The molecule has 1 fully saturated rings. The lowest BCUT2D eigenvalue weighted by molar-refractivity contribution is -0.122. The molecule has 8 nitrogen and oxygen atoms in total. The maximum atomic E-state index is 13.2. The highest BCUT2D eigenvalue weighted by molar-refractivity contribution is 6.39. The number of urea groups is 1. The van der Waals surface area contributed by atoms with Crippen LogP contribution < -0.4 is 15.0 Å². The number of para-hydroxylation sites is 1. The third kappa shape index (κ3) is 5.02. The van der Waals surface area contributed by atoms with Crippen LogP contribution >= 0.6 is 0 Å². The lowest BCUT2D eigenvalue weighted by atomic mass is 10.1. The van der Waals surface area contributed by atoms with Crippen LogP contribution in [0, 0.1) is 13.8 Å². The van der Waals surface area contributed by atoms with Gasteiger partial charge in [0.2, 0.25) is 0 Å². The number of esters is 1. The number of anilines is 1. The molecule has 1 aliphatic rings. The van der Waals surface area contributed by atoms with Crippen molar-refractivity contribution < 1.29 is 28.7 Å². The Morgan fingerprint density at radius 2 is 1.67 bits per heavy atom. The molecule has 0 radical (unpaired) electrons. The molecule has 1 N–H and O–H groups in total. The Balaban J connectivity index is 1.61. The second-order valence-electron chi connectivity index (χ2n) is 8.24. The number of aryl methyl sites for hydroxylation is 2. The maximum absolute atomic E-state index is 13.2. The van der Waals surface area contributed by atoms with E-state index in [2.05, 4.69) is 10.1 Å². The number of hydrogen-bond acceptors (Lipinski definition) is 6. The summed E-state index contributed by atoms with van der Waals surface area (Å²) in [6.45, 7) is 4.37. The zero-order valence-electron chi connectivity index (χ0n) is 20.0. The van der Waals surface area contributed by atoms with E-state index >= 15 is 0 Å². The van der Waals surface area contributed by atoms with Crippen molar-refractivity contribution in [1.29, 1.82) is 0 Å². The van der Waals surface area contributed by atoms with E-state index in [9.17, 15) is 19.2 Å². The second kappa shape index (κ2) is 10.3. The number of methoxy groups -OCH3 is 1. The van der Waals surface area contributed by atoms with Gasteiger partial charge in [0.25, 0.3) is 11.8 Å². The first-order chi connectivity index (χ1) is 17.3. The molecule has 0 bridgehead atoms. The molecular weight excluding hydrogens is 460 g/mol. The fourth-order valence-electron chi connectivity index (χ4n) is 3.70. The Morgan fingerprint density at radius 1 is 0.944 bits per heavy atom. The highest BCUT2D eigenvalue weighted by Crippen LogP contribution is 2.26. The monoisotopic (exact) mass is 484 g/mol. The minimum atomic E-state index is -0.882. The van der Waals surface area contributed by atoms with Gasteiger partial charge in [0.05, 0.1) is 18.4 Å². The number of hydrogen-bond donors (Lipinski definition) is 1. The summed E-state index contributed by atoms with van der Waals surface area (Å²) in [4.78, 5) is 50.8. The van der Waals surface area contributed by atoms with Gasteiger partial charge in [0.15, 0.2) is 0 Å². The molecule has 0 atom stereocenters. The summed E-state index contributed by atoms with van der Waals surface area (Å²) in [5.74, 6) is -1.67. The van der Waals surface area contributed by atoms with Gasteiger partial charge in [-0.3, -0.25) is 14.9 Å². The molecule has 1 heterocycles. The van der Waals surface area contributed by atoms with E-state index in [-0.39, 0.29) is 16.8 Å². The zero-order chi connectivity index (χ0) is 25.8. The number of carbonyl (C=O) groups excluding carboxylic acids is 4. The minimum Gasteiger partial charge on any atom is -0.488 e. The van der Waals surface area contributed by atoms with Crippen molar-refractivity contribution >= 4 is 35.6 Å². The number of rotatable bonds is 6. The third-order valence-electron chi connectivity index (χ3n) is 5.83. The molecule has 3 aromatic carbocycles. The third-order valence-corrected chi connectivity index (χ3v) is 5.83. The first kappa shape index (κ1) is 24.4. The lowest BCUT2D eigenvalue weighted by Crippen LogP contribution is -2.54. The molecule has 4 rings (SSSR count). The Hall–Kier alpha value is -4.72. The van der Waals surface area contributed by atoms with Gasteiger partial charge in [-0.15, -0.1) is 0 Å². The largest absolute Gasteiger partial charge is 0.488 e. The van der Waals surface area contributed by atoms with Crippen LogP contribution in [-0.2, 0) is 20.9 Å². The number of amides is 4. The van der Waals surface area contributed by atoms with Crippen molar-refractivity contribution in [2.45, 2.75) is 20.5 Å². The van der Waals surface area contributed by atoms with E-state index in [1.54, 1.807) is 24.3 Å². The number of imide groups is 2. The summed E-state index contributed by atoms with van der Waals surface area (Å²) >= 11 is 0. The first-order valence-corrected chi connectivity index (χ1v) is 11.2. The zero-order valence-corrected chi connectivity index (χ0v) is 20.0. The summed E-state index contributed by atoms with van der Waals surface area (Å²) in [7, 11) is 1.25. The molecule has 3 aromatic rings. The molecule has 4 amide bonds. The quantitative estimate of drug-likeness (QED) is 0.317. The van der Waals surface area contributed by atoms with Crippen molar-refractivity contribution in [3.8, 4) is 5.75 Å².